The fourth-order valence-corrected chi connectivity index (χ4v) is 2.43. The molecule has 0 bridgehead atoms. The molecule has 0 spiro atoms. The first-order valence-corrected chi connectivity index (χ1v) is 5.86. The zero-order valence-corrected chi connectivity index (χ0v) is 9.63. The molecule has 2 unspecified atom stereocenters. The Morgan fingerprint density at radius 3 is 2.88 bits per heavy atom. The molecule has 2 N–H and O–H groups in total. The van der Waals surface area contributed by atoms with Gasteiger partial charge in [0, 0.05) is 6.04 Å². The van der Waals surface area contributed by atoms with Crippen LogP contribution in [0.15, 0.2) is 24.3 Å². The lowest BCUT2D eigenvalue weighted by molar-refractivity contribution is 0.0402. The van der Waals surface area contributed by atoms with Crippen LogP contribution in [0.5, 0.6) is 5.75 Å². The number of phenolic OH excluding ortho intramolecular Hbond substituents is 1. The molecule has 0 saturated carbocycles. The molecule has 1 aliphatic rings. The van der Waals surface area contributed by atoms with Gasteiger partial charge in [0.15, 0.2) is 0 Å². The van der Waals surface area contributed by atoms with Crippen molar-refractivity contribution in [2.24, 2.45) is 0 Å². The predicted molar refractivity (Wildman–Crippen MR) is 63.3 cm³/mol. The summed E-state index contributed by atoms with van der Waals surface area (Å²) in [6, 6.07) is 7.09. The Morgan fingerprint density at radius 1 is 1.38 bits per heavy atom. The highest BCUT2D eigenvalue weighted by molar-refractivity contribution is 5.29. The molecule has 3 nitrogen and oxygen atoms in total. The summed E-state index contributed by atoms with van der Waals surface area (Å²) in [5.41, 5.74) is 0.804. The number of nitrogens with zero attached hydrogens (tertiary/aromatic N) is 1. The van der Waals surface area contributed by atoms with Crippen LogP contribution < -0.4 is 0 Å². The minimum atomic E-state index is -0.502. The molecule has 1 aliphatic heterocycles. The molecule has 1 heterocycles. The van der Waals surface area contributed by atoms with Gasteiger partial charge in [-0.3, -0.25) is 0 Å². The molecule has 0 aliphatic carbocycles. The van der Waals surface area contributed by atoms with E-state index in [0.29, 0.717) is 0 Å². The maximum Gasteiger partial charge on any atom is 0.115 e. The second-order valence-corrected chi connectivity index (χ2v) is 4.58. The zero-order chi connectivity index (χ0) is 11.5. The summed E-state index contributed by atoms with van der Waals surface area (Å²) in [6.07, 6.45) is 2.90. The number of hydrogen-bond donors (Lipinski definition) is 2. The lowest BCUT2D eigenvalue weighted by Gasteiger charge is -2.35. The van der Waals surface area contributed by atoms with Gasteiger partial charge in [-0.15, -0.1) is 0 Å². The zero-order valence-electron chi connectivity index (χ0n) is 9.63. The number of benzene rings is 1. The second-order valence-electron chi connectivity index (χ2n) is 4.58. The monoisotopic (exact) mass is 221 g/mol. The number of aliphatic hydroxyl groups is 1. The van der Waals surface area contributed by atoms with Gasteiger partial charge < -0.3 is 15.1 Å². The number of likely N-dealkylation sites (tertiary alicyclic amines) is 1. The van der Waals surface area contributed by atoms with E-state index in [-0.39, 0.29) is 11.8 Å². The molecule has 16 heavy (non-hydrogen) atoms. The van der Waals surface area contributed by atoms with Crippen molar-refractivity contribution in [3.05, 3.63) is 29.8 Å². The molecule has 1 aromatic rings. The Hall–Kier alpha value is -1.06. The van der Waals surface area contributed by atoms with Gasteiger partial charge >= 0.3 is 0 Å². The number of hydrogen-bond acceptors (Lipinski definition) is 3. The lowest BCUT2D eigenvalue weighted by Crippen LogP contribution is -2.40. The van der Waals surface area contributed by atoms with Crippen molar-refractivity contribution < 1.29 is 10.2 Å². The fourth-order valence-electron chi connectivity index (χ4n) is 2.43. The van der Waals surface area contributed by atoms with Crippen molar-refractivity contribution in [1.29, 1.82) is 0 Å². The van der Waals surface area contributed by atoms with E-state index >= 15 is 0 Å². The Balaban J connectivity index is 2.14. The van der Waals surface area contributed by atoms with E-state index in [4.69, 9.17) is 0 Å². The summed E-state index contributed by atoms with van der Waals surface area (Å²) < 4.78 is 0. The molecule has 2 atom stereocenters. The van der Waals surface area contributed by atoms with E-state index in [0.717, 1.165) is 18.5 Å². The van der Waals surface area contributed by atoms with Crippen LogP contribution in [-0.2, 0) is 0 Å². The average molecular weight is 221 g/mol. The van der Waals surface area contributed by atoms with Crippen LogP contribution in [0.25, 0.3) is 0 Å². The van der Waals surface area contributed by atoms with Gasteiger partial charge in [-0.1, -0.05) is 18.6 Å². The van der Waals surface area contributed by atoms with Crippen molar-refractivity contribution in [1.82, 2.24) is 4.90 Å². The fraction of sp³-hybridized carbons (Fsp3) is 0.538. The van der Waals surface area contributed by atoms with Crippen molar-refractivity contribution in [3.8, 4) is 5.75 Å². The first-order valence-electron chi connectivity index (χ1n) is 5.86. The first kappa shape index (κ1) is 11.4. The summed E-state index contributed by atoms with van der Waals surface area (Å²) in [6.45, 7) is 1.04. The van der Waals surface area contributed by atoms with Crippen molar-refractivity contribution >= 4 is 0 Å². The minimum absolute atomic E-state index is 0.176. The standard InChI is InChI=1S/C13H19NO2/c1-14-8-3-2-7-12(14)13(16)10-5-4-6-11(15)9-10/h4-6,9,12-13,15-16H,2-3,7-8H2,1H3. The highest BCUT2D eigenvalue weighted by Crippen LogP contribution is 2.28. The van der Waals surface area contributed by atoms with E-state index in [2.05, 4.69) is 11.9 Å². The van der Waals surface area contributed by atoms with Crippen LogP contribution in [0.4, 0.5) is 0 Å². The van der Waals surface area contributed by atoms with Crippen LogP contribution >= 0.6 is 0 Å². The third-order valence-electron chi connectivity index (χ3n) is 3.40. The van der Waals surface area contributed by atoms with Gasteiger partial charge in [-0.05, 0) is 44.1 Å². The van der Waals surface area contributed by atoms with Crippen molar-refractivity contribution in [3.63, 3.8) is 0 Å². The number of aliphatic hydroxyl groups excluding tert-OH is 1. The topological polar surface area (TPSA) is 43.7 Å². The van der Waals surface area contributed by atoms with E-state index in [9.17, 15) is 10.2 Å². The molecule has 0 radical (unpaired) electrons. The van der Waals surface area contributed by atoms with Crippen molar-refractivity contribution in [2.75, 3.05) is 13.6 Å². The number of piperidine rings is 1. The minimum Gasteiger partial charge on any atom is -0.508 e. The van der Waals surface area contributed by atoms with E-state index in [1.807, 2.05) is 6.07 Å². The Morgan fingerprint density at radius 2 is 2.19 bits per heavy atom. The van der Waals surface area contributed by atoms with Gasteiger partial charge in [0.2, 0.25) is 0 Å². The Bertz CT molecular complexity index is 354. The average Bonchev–Trinajstić information content (AvgIpc) is 2.29. The number of likely N-dealkylation sites (N-methyl/N-ethyl adjacent to an activating group) is 1. The normalized spacial score (nSPS) is 24.2. The van der Waals surface area contributed by atoms with Crippen molar-refractivity contribution in [2.45, 2.75) is 31.4 Å². The predicted octanol–water partition coefficient (Wildman–Crippen LogP) is 1.91. The van der Waals surface area contributed by atoms with Gasteiger partial charge in [0.1, 0.15) is 5.75 Å². The maximum absolute atomic E-state index is 10.3. The van der Waals surface area contributed by atoms with Gasteiger partial charge in [0.05, 0.1) is 6.10 Å². The summed E-state index contributed by atoms with van der Waals surface area (Å²) in [5, 5.41) is 19.7. The summed E-state index contributed by atoms with van der Waals surface area (Å²) in [5.74, 6) is 0.218. The number of rotatable bonds is 2. The molecule has 1 aromatic carbocycles. The molecule has 0 aromatic heterocycles. The van der Waals surface area contributed by atoms with Crippen LogP contribution in [0.2, 0.25) is 0 Å². The van der Waals surface area contributed by atoms with Gasteiger partial charge in [-0.25, -0.2) is 0 Å². The summed E-state index contributed by atoms with van der Waals surface area (Å²) in [4.78, 5) is 2.21. The third kappa shape index (κ3) is 2.36. The second kappa shape index (κ2) is 4.85. The molecule has 1 fully saturated rings. The first-order chi connectivity index (χ1) is 7.68. The highest BCUT2D eigenvalue weighted by atomic mass is 16.3. The Kier molecular flexibility index (Phi) is 3.46. The maximum atomic E-state index is 10.3. The third-order valence-corrected chi connectivity index (χ3v) is 3.40. The van der Waals surface area contributed by atoms with Crippen LogP contribution in [-0.4, -0.2) is 34.7 Å². The molecular formula is C13H19NO2. The van der Waals surface area contributed by atoms with Gasteiger partial charge in [-0.2, -0.15) is 0 Å². The lowest BCUT2D eigenvalue weighted by atomic mass is 9.93. The quantitative estimate of drug-likeness (QED) is 0.801. The number of aromatic hydroxyl groups is 1. The summed E-state index contributed by atoms with van der Waals surface area (Å²) in [7, 11) is 2.05. The van der Waals surface area contributed by atoms with Crippen LogP contribution in [0, 0.1) is 0 Å². The summed E-state index contributed by atoms with van der Waals surface area (Å²) >= 11 is 0. The largest absolute Gasteiger partial charge is 0.508 e. The van der Waals surface area contributed by atoms with Crippen LogP contribution in [0.3, 0.4) is 0 Å². The molecule has 88 valence electrons. The SMILES string of the molecule is CN1CCCCC1C(O)c1cccc(O)c1. The van der Waals surface area contributed by atoms with E-state index in [1.165, 1.54) is 12.8 Å². The molecule has 2 rings (SSSR count). The van der Waals surface area contributed by atoms with Crippen LogP contribution in [0.1, 0.15) is 30.9 Å². The van der Waals surface area contributed by atoms with E-state index < -0.39 is 6.10 Å². The Labute approximate surface area is 96.3 Å². The smallest absolute Gasteiger partial charge is 0.115 e. The molecular weight excluding hydrogens is 202 g/mol. The molecule has 3 heteroatoms. The number of phenols is 1. The van der Waals surface area contributed by atoms with E-state index in [1.54, 1.807) is 18.2 Å². The molecule has 0 amide bonds. The highest BCUT2D eigenvalue weighted by Gasteiger charge is 2.27. The molecule has 1 saturated heterocycles. The van der Waals surface area contributed by atoms with Gasteiger partial charge in [0.25, 0.3) is 0 Å².